The number of amides is 1. The molecule has 0 unspecified atom stereocenters. The molecule has 1 aromatic heterocycles. The van der Waals surface area contributed by atoms with Gasteiger partial charge in [-0.2, -0.15) is 0 Å². The third-order valence-electron chi connectivity index (χ3n) is 4.55. The van der Waals surface area contributed by atoms with E-state index in [2.05, 4.69) is 20.1 Å². The number of carbonyl (C=O) groups excluding carboxylic acids is 1. The van der Waals surface area contributed by atoms with Crippen LogP contribution in [0.15, 0.2) is 42.5 Å². The van der Waals surface area contributed by atoms with Crippen molar-refractivity contribution in [1.82, 2.24) is 14.8 Å². The largest absolute Gasteiger partial charge is 0.484 e. The third kappa shape index (κ3) is 3.99. The molecule has 1 amide bonds. The molecule has 6 nitrogen and oxygen atoms in total. The molecule has 1 N–H and O–H groups in total. The second-order valence-corrected chi connectivity index (χ2v) is 6.95. The number of anilines is 1. The fraction of sp³-hybridized carbons (Fsp3) is 0.250. The lowest BCUT2D eigenvalue weighted by atomic mass is 10.1. The second-order valence-electron chi connectivity index (χ2n) is 6.54. The Labute approximate surface area is 166 Å². The van der Waals surface area contributed by atoms with Crippen LogP contribution in [-0.2, 0) is 17.8 Å². The van der Waals surface area contributed by atoms with Gasteiger partial charge in [-0.1, -0.05) is 11.6 Å². The van der Waals surface area contributed by atoms with Gasteiger partial charge in [-0.05, 0) is 55.3 Å². The van der Waals surface area contributed by atoms with Crippen molar-refractivity contribution in [2.75, 3.05) is 11.9 Å². The van der Waals surface area contributed by atoms with Crippen LogP contribution in [0.4, 0.5) is 10.1 Å². The lowest BCUT2D eigenvalue weighted by Gasteiger charge is -2.14. The summed E-state index contributed by atoms with van der Waals surface area (Å²) < 4.78 is 20.8. The van der Waals surface area contributed by atoms with Crippen LogP contribution >= 0.6 is 11.6 Å². The van der Waals surface area contributed by atoms with Crippen molar-refractivity contribution in [2.24, 2.45) is 0 Å². The SMILES string of the molecule is O=C(COc1ccc(-c2nnc3n2CCCC3)cc1)Nc1ccc(F)c(Cl)c1. The Morgan fingerprint density at radius 1 is 1.18 bits per heavy atom. The first kappa shape index (κ1) is 18.4. The van der Waals surface area contributed by atoms with E-state index < -0.39 is 5.82 Å². The van der Waals surface area contributed by atoms with E-state index in [1.807, 2.05) is 12.1 Å². The number of aryl methyl sites for hydroxylation is 1. The first-order chi connectivity index (χ1) is 13.6. The normalized spacial score (nSPS) is 13.1. The maximum atomic E-state index is 13.2. The molecule has 1 aliphatic rings. The predicted molar refractivity (Wildman–Crippen MR) is 104 cm³/mol. The summed E-state index contributed by atoms with van der Waals surface area (Å²) in [5.74, 6) is 1.55. The van der Waals surface area contributed by atoms with Gasteiger partial charge in [-0.3, -0.25) is 4.79 Å². The van der Waals surface area contributed by atoms with Gasteiger partial charge in [0.25, 0.3) is 5.91 Å². The van der Waals surface area contributed by atoms with Crippen molar-refractivity contribution in [2.45, 2.75) is 25.8 Å². The first-order valence-corrected chi connectivity index (χ1v) is 9.38. The number of nitrogens with one attached hydrogen (secondary N) is 1. The lowest BCUT2D eigenvalue weighted by Crippen LogP contribution is -2.20. The Morgan fingerprint density at radius 3 is 2.79 bits per heavy atom. The molecule has 28 heavy (non-hydrogen) atoms. The summed E-state index contributed by atoms with van der Waals surface area (Å²) in [5, 5.41) is 11.1. The highest BCUT2D eigenvalue weighted by molar-refractivity contribution is 6.31. The Bertz CT molecular complexity index is 1000. The molecular weight excluding hydrogens is 383 g/mol. The highest BCUT2D eigenvalue weighted by atomic mass is 35.5. The maximum Gasteiger partial charge on any atom is 0.262 e. The fourth-order valence-electron chi connectivity index (χ4n) is 3.14. The summed E-state index contributed by atoms with van der Waals surface area (Å²) >= 11 is 5.70. The fourth-order valence-corrected chi connectivity index (χ4v) is 3.32. The monoisotopic (exact) mass is 400 g/mol. The molecule has 4 rings (SSSR count). The minimum absolute atomic E-state index is 0.0509. The first-order valence-electron chi connectivity index (χ1n) is 9.00. The number of aromatic nitrogens is 3. The highest BCUT2D eigenvalue weighted by Crippen LogP contribution is 2.25. The zero-order valence-electron chi connectivity index (χ0n) is 15.0. The predicted octanol–water partition coefficient (Wildman–Crippen LogP) is 4.09. The molecule has 8 heteroatoms. The molecule has 0 bridgehead atoms. The molecule has 144 valence electrons. The summed E-state index contributed by atoms with van der Waals surface area (Å²) in [6.45, 7) is 0.762. The van der Waals surface area contributed by atoms with Gasteiger partial charge in [0.15, 0.2) is 12.4 Å². The number of benzene rings is 2. The van der Waals surface area contributed by atoms with E-state index in [1.54, 1.807) is 12.1 Å². The van der Waals surface area contributed by atoms with Crippen LogP contribution in [0.1, 0.15) is 18.7 Å². The molecule has 1 aliphatic heterocycles. The van der Waals surface area contributed by atoms with Gasteiger partial charge in [-0.25, -0.2) is 4.39 Å². The van der Waals surface area contributed by atoms with Crippen molar-refractivity contribution < 1.29 is 13.9 Å². The average molecular weight is 401 g/mol. The van der Waals surface area contributed by atoms with E-state index >= 15 is 0 Å². The molecule has 0 saturated heterocycles. The van der Waals surface area contributed by atoms with E-state index in [4.69, 9.17) is 16.3 Å². The van der Waals surface area contributed by atoms with Gasteiger partial charge in [0.2, 0.25) is 0 Å². The lowest BCUT2D eigenvalue weighted by molar-refractivity contribution is -0.118. The van der Waals surface area contributed by atoms with Crippen molar-refractivity contribution in [3.05, 3.63) is 59.1 Å². The quantitative estimate of drug-likeness (QED) is 0.700. The molecule has 0 spiro atoms. The standard InChI is InChI=1S/C20H18ClFN4O2/c21-16-11-14(6-9-17(16)22)23-19(27)12-28-15-7-4-13(5-8-15)20-25-24-18-3-1-2-10-26(18)20/h4-9,11H,1-3,10,12H2,(H,23,27). The number of fused-ring (bicyclic) bond motifs is 1. The summed E-state index contributed by atoms with van der Waals surface area (Å²) in [6, 6.07) is 11.4. The molecule has 2 aromatic carbocycles. The number of nitrogens with zero attached hydrogens (tertiary/aromatic N) is 3. The Hall–Kier alpha value is -2.93. The van der Waals surface area contributed by atoms with E-state index in [-0.39, 0.29) is 17.5 Å². The zero-order valence-corrected chi connectivity index (χ0v) is 15.7. The van der Waals surface area contributed by atoms with Crippen LogP contribution in [-0.4, -0.2) is 27.3 Å². The van der Waals surface area contributed by atoms with Crippen LogP contribution < -0.4 is 10.1 Å². The summed E-state index contributed by atoms with van der Waals surface area (Å²) in [4.78, 5) is 12.0. The molecule has 0 saturated carbocycles. The minimum Gasteiger partial charge on any atom is -0.484 e. The van der Waals surface area contributed by atoms with Crippen LogP contribution in [0.2, 0.25) is 5.02 Å². The van der Waals surface area contributed by atoms with Crippen molar-refractivity contribution in [3.8, 4) is 17.1 Å². The molecule has 0 fully saturated rings. The highest BCUT2D eigenvalue weighted by Gasteiger charge is 2.16. The van der Waals surface area contributed by atoms with Gasteiger partial charge < -0.3 is 14.6 Å². The molecule has 0 aliphatic carbocycles. The van der Waals surface area contributed by atoms with Gasteiger partial charge >= 0.3 is 0 Å². The number of carbonyl (C=O) groups is 1. The van der Waals surface area contributed by atoms with Crippen molar-refractivity contribution >= 4 is 23.2 Å². The number of hydrogen-bond acceptors (Lipinski definition) is 4. The van der Waals surface area contributed by atoms with Gasteiger partial charge in [0.05, 0.1) is 5.02 Å². The number of ether oxygens (including phenoxy) is 1. The zero-order chi connectivity index (χ0) is 19.5. The number of hydrogen-bond donors (Lipinski definition) is 1. The van der Waals surface area contributed by atoms with E-state index in [9.17, 15) is 9.18 Å². The van der Waals surface area contributed by atoms with E-state index in [0.29, 0.717) is 11.4 Å². The topological polar surface area (TPSA) is 69.0 Å². The smallest absolute Gasteiger partial charge is 0.262 e. The van der Waals surface area contributed by atoms with E-state index in [1.165, 1.54) is 18.2 Å². The molecule has 3 aromatic rings. The van der Waals surface area contributed by atoms with Crippen molar-refractivity contribution in [1.29, 1.82) is 0 Å². The van der Waals surface area contributed by atoms with Crippen LogP contribution in [0.25, 0.3) is 11.4 Å². The summed E-state index contributed by atoms with van der Waals surface area (Å²) in [6.07, 6.45) is 3.24. The van der Waals surface area contributed by atoms with Crippen LogP contribution in [0, 0.1) is 5.82 Å². The van der Waals surface area contributed by atoms with Crippen LogP contribution in [0.3, 0.4) is 0 Å². The van der Waals surface area contributed by atoms with Crippen LogP contribution in [0.5, 0.6) is 5.75 Å². The Kier molecular flexibility index (Phi) is 5.25. The molecule has 0 radical (unpaired) electrons. The molecule has 0 atom stereocenters. The average Bonchev–Trinajstić information content (AvgIpc) is 3.14. The third-order valence-corrected chi connectivity index (χ3v) is 4.83. The Morgan fingerprint density at radius 2 is 2.00 bits per heavy atom. The summed E-state index contributed by atoms with van der Waals surface area (Å²) in [7, 11) is 0. The minimum atomic E-state index is -0.537. The maximum absolute atomic E-state index is 13.2. The summed E-state index contributed by atoms with van der Waals surface area (Å²) in [5.41, 5.74) is 1.37. The van der Waals surface area contributed by atoms with Crippen molar-refractivity contribution in [3.63, 3.8) is 0 Å². The van der Waals surface area contributed by atoms with Gasteiger partial charge in [0, 0.05) is 24.2 Å². The van der Waals surface area contributed by atoms with Gasteiger partial charge in [-0.15, -0.1) is 10.2 Å². The van der Waals surface area contributed by atoms with Gasteiger partial charge in [0.1, 0.15) is 17.4 Å². The number of halogens is 2. The Balaban J connectivity index is 1.36. The molecule has 2 heterocycles. The van der Waals surface area contributed by atoms with E-state index in [0.717, 1.165) is 43.0 Å². The molecular formula is C20H18ClFN4O2. The second kappa shape index (κ2) is 7.98. The number of rotatable bonds is 5.